The van der Waals surface area contributed by atoms with Gasteiger partial charge in [-0.3, -0.25) is 0 Å². The second kappa shape index (κ2) is 8.64. The van der Waals surface area contributed by atoms with Crippen LogP contribution in [0, 0.1) is 19.7 Å². The summed E-state index contributed by atoms with van der Waals surface area (Å²) in [7, 11) is 0. The first-order valence-electron chi connectivity index (χ1n) is 10.6. The molecule has 0 amide bonds. The van der Waals surface area contributed by atoms with Crippen molar-refractivity contribution < 1.29 is 4.39 Å². The van der Waals surface area contributed by atoms with E-state index in [4.69, 9.17) is 12.2 Å². The molecule has 1 saturated heterocycles. The lowest BCUT2D eigenvalue weighted by atomic mass is 9.79. The average Bonchev–Trinajstić information content (AvgIpc) is 2.60. The predicted molar refractivity (Wildman–Crippen MR) is 128 cm³/mol. The topological polar surface area (TPSA) is 27.3 Å². The molecule has 0 saturated carbocycles. The summed E-state index contributed by atoms with van der Waals surface area (Å²) in [6, 6.07) is 13.3. The third kappa shape index (κ3) is 5.79. The molecule has 0 spiro atoms. The van der Waals surface area contributed by atoms with Gasteiger partial charge < -0.3 is 15.5 Å². The molecule has 5 heteroatoms. The molecule has 0 unspecified atom stereocenters. The predicted octanol–water partition coefficient (Wildman–Crippen LogP) is 5.95. The Hall–Kier alpha value is -1.98. The Bertz CT molecular complexity index is 889. The molecule has 0 atom stereocenters. The van der Waals surface area contributed by atoms with Crippen LogP contribution >= 0.6 is 12.2 Å². The smallest absolute Gasteiger partial charge is 0.173 e. The lowest BCUT2D eigenvalue weighted by Gasteiger charge is -2.50. The van der Waals surface area contributed by atoms with Crippen molar-refractivity contribution in [2.75, 3.05) is 5.32 Å². The van der Waals surface area contributed by atoms with Crippen molar-refractivity contribution in [2.24, 2.45) is 0 Å². The Balaban J connectivity index is 1.90. The zero-order valence-electron chi connectivity index (χ0n) is 19.0. The molecule has 3 nitrogen and oxygen atoms in total. The van der Waals surface area contributed by atoms with Gasteiger partial charge in [-0.25, -0.2) is 4.39 Å². The third-order valence-corrected chi connectivity index (χ3v) is 6.10. The minimum absolute atomic E-state index is 0.00283. The summed E-state index contributed by atoms with van der Waals surface area (Å²) in [5, 5.41) is 7.95. The lowest BCUT2D eigenvalue weighted by Crippen LogP contribution is -2.63. The molecule has 1 aliphatic heterocycles. The summed E-state index contributed by atoms with van der Waals surface area (Å²) in [6.07, 6.45) is 1.96. The van der Waals surface area contributed by atoms with E-state index in [1.807, 2.05) is 12.1 Å². The number of thiocarbonyl (C=S) groups is 1. The second-order valence-electron chi connectivity index (χ2n) is 9.96. The van der Waals surface area contributed by atoms with E-state index in [9.17, 15) is 4.39 Å². The maximum absolute atomic E-state index is 13.4. The van der Waals surface area contributed by atoms with Crippen molar-refractivity contribution in [3.63, 3.8) is 0 Å². The normalized spacial score (nSPS) is 18.1. The van der Waals surface area contributed by atoms with Crippen LogP contribution in [0.5, 0.6) is 0 Å². The van der Waals surface area contributed by atoms with Crippen LogP contribution in [-0.2, 0) is 6.54 Å². The minimum Gasteiger partial charge on any atom is -0.342 e. The van der Waals surface area contributed by atoms with Crippen molar-refractivity contribution in [1.29, 1.82) is 0 Å². The largest absolute Gasteiger partial charge is 0.342 e. The Kier molecular flexibility index (Phi) is 6.54. The van der Waals surface area contributed by atoms with E-state index in [1.54, 1.807) is 0 Å². The van der Waals surface area contributed by atoms with E-state index in [0.717, 1.165) is 24.1 Å². The fourth-order valence-electron chi connectivity index (χ4n) is 4.78. The average molecular weight is 428 g/mol. The van der Waals surface area contributed by atoms with E-state index in [-0.39, 0.29) is 22.9 Å². The molecule has 1 fully saturated rings. The number of nitrogens with one attached hydrogen (secondary N) is 2. The molecular weight excluding hydrogens is 393 g/mol. The fraction of sp³-hybridized carbons (Fsp3) is 0.480. The molecule has 2 aromatic rings. The van der Waals surface area contributed by atoms with Crippen molar-refractivity contribution >= 4 is 23.0 Å². The van der Waals surface area contributed by atoms with Crippen LogP contribution in [0.1, 0.15) is 57.2 Å². The van der Waals surface area contributed by atoms with Gasteiger partial charge in [0, 0.05) is 29.4 Å². The number of nitrogens with zero attached hydrogens (tertiary/aromatic N) is 1. The van der Waals surface area contributed by atoms with Crippen LogP contribution in [0.4, 0.5) is 10.1 Å². The van der Waals surface area contributed by atoms with Gasteiger partial charge in [-0.2, -0.15) is 0 Å². The highest BCUT2D eigenvalue weighted by Gasteiger charge is 2.40. The zero-order chi connectivity index (χ0) is 22.1. The van der Waals surface area contributed by atoms with Crippen LogP contribution in [0.2, 0.25) is 0 Å². The molecule has 0 aromatic heterocycles. The van der Waals surface area contributed by atoms with Crippen LogP contribution in [0.15, 0.2) is 42.5 Å². The first-order valence-corrected chi connectivity index (χ1v) is 11.0. The third-order valence-electron chi connectivity index (χ3n) is 5.76. The molecule has 0 bridgehead atoms. The molecule has 2 aromatic carbocycles. The van der Waals surface area contributed by atoms with E-state index < -0.39 is 0 Å². The lowest BCUT2D eigenvalue weighted by molar-refractivity contribution is 0.101. The molecule has 0 radical (unpaired) electrons. The number of hydrogen-bond donors (Lipinski definition) is 2. The van der Waals surface area contributed by atoms with Crippen LogP contribution in [0.3, 0.4) is 0 Å². The highest BCUT2D eigenvalue weighted by atomic mass is 32.1. The number of benzene rings is 2. The molecular formula is C25H34FN3S. The van der Waals surface area contributed by atoms with E-state index >= 15 is 0 Å². The molecule has 3 rings (SSSR count). The molecule has 30 heavy (non-hydrogen) atoms. The quantitative estimate of drug-likeness (QED) is 0.590. The SMILES string of the molecule is Cc1ccc(NC(=S)N(Cc2ccc(F)cc2)C2CC(C)(C)NC(C)(C)C2)c(C)c1. The Morgan fingerprint density at radius 3 is 2.23 bits per heavy atom. The van der Waals surface area contributed by atoms with Gasteiger partial charge >= 0.3 is 0 Å². The van der Waals surface area contributed by atoms with Crippen molar-refractivity contribution in [1.82, 2.24) is 10.2 Å². The van der Waals surface area contributed by atoms with Crippen molar-refractivity contribution in [2.45, 2.75) is 78.0 Å². The number of hydrogen-bond acceptors (Lipinski definition) is 2. The summed E-state index contributed by atoms with van der Waals surface area (Å²) in [6.45, 7) is 13.8. The standard InChI is InChI=1S/C25H34FN3S/c1-17-7-12-22(18(2)13-17)27-23(30)29(16-19-8-10-20(26)11-9-19)21-14-24(3,4)28-25(5,6)15-21/h7-13,21,28H,14-16H2,1-6H3,(H,27,30). The van der Waals surface area contributed by atoms with Gasteiger partial charge in [-0.05, 0) is 95.9 Å². The van der Waals surface area contributed by atoms with Gasteiger partial charge in [0.2, 0.25) is 0 Å². The second-order valence-corrected chi connectivity index (χ2v) is 10.3. The molecule has 162 valence electrons. The summed E-state index contributed by atoms with van der Waals surface area (Å²) in [5.74, 6) is -0.217. The minimum atomic E-state index is -0.217. The highest BCUT2D eigenvalue weighted by Crippen LogP contribution is 2.33. The highest BCUT2D eigenvalue weighted by molar-refractivity contribution is 7.80. The number of halogens is 1. The van der Waals surface area contributed by atoms with Gasteiger partial charge in [0.15, 0.2) is 5.11 Å². The van der Waals surface area contributed by atoms with E-state index in [1.165, 1.54) is 23.3 Å². The van der Waals surface area contributed by atoms with Crippen molar-refractivity contribution in [3.05, 3.63) is 65.0 Å². The number of rotatable bonds is 4. The van der Waals surface area contributed by atoms with Crippen molar-refractivity contribution in [3.8, 4) is 0 Å². The van der Waals surface area contributed by atoms with Gasteiger partial charge in [0.05, 0.1) is 0 Å². The van der Waals surface area contributed by atoms with E-state index in [2.05, 4.69) is 75.3 Å². The van der Waals surface area contributed by atoms with Gasteiger partial charge in [0.25, 0.3) is 0 Å². The fourth-order valence-corrected chi connectivity index (χ4v) is 5.11. The zero-order valence-corrected chi connectivity index (χ0v) is 19.8. The molecule has 0 aliphatic carbocycles. The number of piperidine rings is 1. The van der Waals surface area contributed by atoms with Crippen LogP contribution < -0.4 is 10.6 Å². The van der Waals surface area contributed by atoms with Crippen LogP contribution in [0.25, 0.3) is 0 Å². The Labute approximate surface area is 186 Å². The van der Waals surface area contributed by atoms with Gasteiger partial charge in [-0.15, -0.1) is 0 Å². The maximum Gasteiger partial charge on any atom is 0.173 e. The summed E-state index contributed by atoms with van der Waals surface area (Å²) < 4.78 is 13.4. The Morgan fingerprint density at radius 1 is 1.07 bits per heavy atom. The molecule has 2 N–H and O–H groups in total. The Morgan fingerprint density at radius 2 is 1.67 bits per heavy atom. The monoisotopic (exact) mass is 427 g/mol. The maximum atomic E-state index is 13.4. The summed E-state index contributed by atoms with van der Waals surface area (Å²) in [5.41, 5.74) is 4.49. The van der Waals surface area contributed by atoms with Crippen LogP contribution in [-0.4, -0.2) is 27.1 Å². The number of aryl methyl sites for hydroxylation is 2. The molecule has 1 aliphatic rings. The summed E-state index contributed by atoms with van der Waals surface area (Å²) >= 11 is 5.93. The van der Waals surface area contributed by atoms with Gasteiger partial charge in [0.1, 0.15) is 5.82 Å². The molecule has 1 heterocycles. The van der Waals surface area contributed by atoms with Gasteiger partial charge in [-0.1, -0.05) is 29.8 Å². The first kappa shape index (κ1) is 22.7. The summed E-state index contributed by atoms with van der Waals surface area (Å²) in [4.78, 5) is 2.28. The first-order chi connectivity index (χ1) is 13.9. The van der Waals surface area contributed by atoms with E-state index in [0.29, 0.717) is 11.7 Å². The number of anilines is 1.